The normalized spacial score (nSPS) is 11.4. The van der Waals surface area contributed by atoms with E-state index in [4.69, 9.17) is 10.4 Å². The Bertz CT molecular complexity index is 536. The highest BCUT2D eigenvalue weighted by Crippen LogP contribution is 2.25. The number of carboxylic acid groups (broad SMARTS) is 1. The van der Waals surface area contributed by atoms with Gasteiger partial charge in [0.15, 0.2) is 0 Å². The topological polar surface area (TPSA) is 116 Å². The van der Waals surface area contributed by atoms with E-state index in [1.165, 1.54) is 18.2 Å². The fourth-order valence-corrected chi connectivity index (χ4v) is 1.55. The summed E-state index contributed by atoms with van der Waals surface area (Å²) in [6, 6.07) is 5.79. The lowest BCUT2D eigenvalue weighted by atomic mass is 10.1. The lowest BCUT2D eigenvalue weighted by Crippen LogP contribution is -2.22. The van der Waals surface area contributed by atoms with Gasteiger partial charge in [-0.3, -0.25) is 14.9 Å². The molecule has 0 heterocycles. The van der Waals surface area contributed by atoms with Crippen LogP contribution in [0.4, 0.5) is 11.4 Å². The Morgan fingerprint density at radius 3 is 2.79 bits per heavy atom. The highest BCUT2D eigenvalue weighted by Gasteiger charge is 2.18. The van der Waals surface area contributed by atoms with Crippen LogP contribution in [0.25, 0.3) is 0 Å². The van der Waals surface area contributed by atoms with Crippen LogP contribution in [-0.4, -0.2) is 22.5 Å². The maximum atomic E-state index is 10.9. The van der Waals surface area contributed by atoms with Crippen LogP contribution < -0.4 is 5.32 Å². The Balaban J connectivity index is 2.95. The van der Waals surface area contributed by atoms with E-state index in [-0.39, 0.29) is 23.5 Å². The number of nitrogens with zero attached hydrogens (tertiary/aromatic N) is 2. The van der Waals surface area contributed by atoms with Gasteiger partial charge in [0.05, 0.1) is 22.5 Å². The molecule has 0 spiro atoms. The minimum atomic E-state index is -0.964. The molecular formula is C12H13N3O4. The van der Waals surface area contributed by atoms with Crippen molar-refractivity contribution in [3.63, 3.8) is 0 Å². The van der Waals surface area contributed by atoms with Gasteiger partial charge in [0.25, 0.3) is 5.69 Å². The third-order valence-electron chi connectivity index (χ3n) is 2.70. The van der Waals surface area contributed by atoms with Gasteiger partial charge in [0.2, 0.25) is 0 Å². The van der Waals surface area contributed by atoms with Crippen molar-refractivity contribution in [3.8, 4) is 6.07 Å². The quantitative estimate of drug-likeness (QED) is 0.598. The molecule has 0 bridgehead atoms. The number of carboxylic acids is 1. The Hall–Kier alpha value is -2.62. The molecule has 0 aliphatic carbocycles. The molecule has 2 N–H and O–H groups in total. The maximum Gasteiger partial charge on any atom is 0.308 e. The largest absolute Gasteiger partial charge is 0.481 e. The first kappa shape index (κ1) is 14.4. The lowest BCUT2D eigenvalue weighted by Gasteiger charge is -2.12. The van der Waals surface area contributed by atoms with E-state index in [0.29, 0.717) is 6.42 Å². The van der Waals surface area contributed by atoms with E-state index < -0.39 is 16.8 Å². The molecule has 1 aromatic rings. The first-order valence-corrected chi connectivity index (χ1v) is 5.64. The van der Waals surface area contributed by atoms with Gasteiger partial charge in [-0.25, -0.2) is 0 Å². The Morgan fingerprint density at radius 1 is 1.63 bits per heavy atom. The van der Waals surface area contributed by atoms with Gasteiger partial charge in [-0.2, -0.15) is 5.26 Å². The summed E-state index contributed by atoms with van der Waals surface area (Å²) in [5.74, 6) is -1.60. The fourth-order valence-electron chi connectivity index (χ4n) is 1.55. The standard InChI is InChI=1S/C12H13N3O4/c1-2-9(12(16)17)7-14-10-5-8(6-13)3-4-11(10)15(18)19/h3-5,9,14H,2,7H2,1H3,(H,16,17). The van der Waals surface area contributed by atoms with E-state index in [1.54, 1.807) is 6.92 Å². The highest BCUT2D eigenvalue weighted by molar-refractivity contribution is 5.71. The SMILES string of the molecule is CCC(CNc1cc(C#N)ccc1[N+](=O)[O-])C(=O)O. The summed E-state index contributed by atoms with van der Waals surface area (Å²) in [4.78, 5) is 21.1. The van der Waals surface area contributed by atoms with Crippen LogP contribution in [0, 0.1) is 27.4 Å². The van der Waals surface area contributed by atoms with E-state index >= 15 is 0 Å². The third-order valence-corrected chi connectivity index (χ3v) is 2.70. The van der Waals surface area contributed by atoms with Crippen molar-refractivity contribution in [2.75, 3.05) is 11.9 Å². The van der Waals surface area contributed by atoms with Crippen molar-refractivity contribution < 1.29 is 14.8 Å². The van der Waals surface area contributed by atoms with Crippen LogP contribution >= 0.6 is 0 Å². The fraction of sp³-hybridized carbons (Fsp3) is 0.333. The number of aliphatic carboxylic acids is 1. The molecule has 1 rings (SSSR count). The van der Waals surface area contributed by atoms with Gasteiger partial charge in [0.1, 0.15) is 5.69 Å². The Kier molecular flexibility index (Phi) is 4.83. The summed E-state index contributed by atoms with van der Waals surface area (Å²) in [5.41, 5.74) is 0.250. The first-order valence-electron chi connectivity index (χ1n) is 5.64. The molecular weight excluding hydrogens is 250 g/mol. The van der Waals surface area contributed by atoms with Gasteiger partial charge in [0, 0.05) is 12.6 Å². The predicted molar refractivity (Wildman–Crippen MR) is 67.7 cm³/mol. The number of nitrogens with one attached hydrogen (secondary N) is 1. The van der Waals surface area contributed by atoms with Gasteiger partial charge in [-0.15, -0.1) is 0 Å². The molecule has 0 saturated carbocycles. The second-order valence-corrected chi connectivity index (χ2v) is 3.93. The molecule has 1 unspecified atom stereocenters. The van der Waals surface area contributed by atoms with Gasteiger partial charge >= 0.3 is 5.97 Å². The van der Waals surface area contributed by atoms with Crippen LogP contribution in [0.3, 0.4) is 0 Å². The molecule has 0 aliphatic rings. The predicted octanol–water partition coefficient (Wildman–Crippen LogP) is 1.99. The highest BCUT2D eigenvalue weighted by atomic mass is 16.6. The van der Waals surface area contributed by atoms with E-state index in [2.05, 4.69) is 5.32 Å². The Morgan fingerprint density at radius 2 is 2.32 bits per heavy atom. The molecule has 1 aromatic carbocycles. The van der Waals surface area contributed by atoms with Crippen molar-refractivity contribution in [2.45, 2.75) is 13.3 Å². The van der Waals surface area contributed by atoms with Crippen molar-refractivity contribution in [2.24, 2.45) is 5.92 Å². The summed E-state index contributed by atoms with van der Waals surface area (Å²) in [7, 11) is 0. The zero-order valence-electron chi connectivity index (χ0n) is 10.3. The summed E-state index contributed by atoms with van der Waals surface area (Å²) in [6.07, 6.45) is 0.411. The van der Waals surface area contributed by atoms with Crippen LogP contribution in [0.2, 0.25) is 0 Å². The van der Waals surface area contributed by atoms with Gasteiger partial charge in [-0.05, 0) is 18.6 Å². The number of nitro groups is 1. The zero-order valence-corrected chi connectivity index (χ0v) is 10.3. The maximum absolute atomic E-state index is 10.9. The van der Waals surface area contributed by atoms with Gasteiger partial charge < -0.3 is 10.4 Å². The van der Waals surface area contributed by atoms with Gasteiger partial charge in [-0.1, -0.05) is 6.92 Å². The second kappa shape index (κ2) is 6.35. The van der Waals surface area contributed by atoms with Crippen molar-refractivity contribution in [1.29, 1.82) is 5.26 Å². The number of carbonyl (C=O) groups is 1. The number of anilines is 1. The van der Waals surface area contributed by atoms with E-state index in [0.717, 1.165) is 0 Å². The smallest absolute Gasteiger partial charge is 0.308 e. The molecule has 0 radical (unpaired) electrons. The summed E-state index contributed by atoms with van der Waals surface area (Å²) in [5, 5.41) is 31.2. The molecule has 0 fully saturated rings. The molecule has 7 heteroatoms. The van der Waals surface area contributed by atoms with Crippen molar-refractivity contribution in [3.05, 3.63) is 33.9 Å². The molecule has 1 atom stereocenters. The summed E-state index contributed by atoms with van der Waals surface area (Å²) < 4.78 is 0. The van der Waals surface area contributed by atoms with E-state index in [9.17, 15) is 14.9 Å². The average Bonchev–Trinajstić information content (AvgIpc) is 2.38. The number of nitro benzene ring substituents is 1. The lowest BCUT2D eigenvalue weighted by molar-refractivity contribution is -0.384. The minimum Gasteiger partial charge on any atom is -0.481 e. The summed E-state index contributed by atoms with van der Waals surface area (Å²) >= 11 is 0. The van der Waals surface area contributed by atoms with Crippen LogP contribution in [0.15, 0.2) is 18.2 Å². The zero-order chi connectivity index (χ0) is 14.4. The number of benzene rings is 1. The van der Waals surface area contributed by atoms with E-state index in [1.807, 2.05) is 6.07 Å². The first-order chi connectivity index (χ1) is 8.99. The summed E-state index contributed by atoms with van der Waals surface area (Å²) in [6.45, 7) is 1.79. The molecule has 0 amide bonds. The molecule has 7 nitrogen and oxygen atoms in total. The van der Waals surface area contributed by atoms with Crippen LogP contribution in [-0.2, 0) is 4.79 Å². The number of nitriles is 1. The minimum absolute atomic E-state index is 0.0710. The molecule has 100 valence electrons. The van der Waals surface area contributed by atoms with Crippen LogP contribution in [0.5, 0.6) is 0 Å². The van der Waals surface area contributed by atoms with Crippen molar-refractivity contribution >= 4 is 17.3 Å². The second-order valence-electron chi connectivity index (χ2n) is 3.93. The average molecular weight is 263 g/mol. The third kappa shape index (κ3) is 3.67. The van der Waals surface area contributed by atoms with Crippen molar-refractivity contribution in [1.82, 2.24) is 0 Å². The number of hydrogen-bond acceptors (Lipinski definition) is 5. The number of hydrogen-bond donors (Lipinski definition) is 2. The molecule has 0 aliphatic heterocycles. The molecule has 0 saturated heterocycles. The number of rotatable bonds is 6. The van der Waals surface area contributed by atoms with Crippen LogP contribution in [0.1, 0.15) is 18.9 Å². The monoisotopic (exact) mass is 263 g/mol. The molecule has 0 aromatic heterocycles. The molecule has 19 heavy (non-hydrogen) atoms. The Labute approximate surface area is 109 Å².